The van der Waals surface area contributed by atoms with Gasteiger partial charge in [-0.25, -0.2) is 0 Å². The van der Waals surface area contributed by atoms with Gasteiger partial charge in [0.2, 0.25) is 5.91 Å². The molecule has 90 valence electrons. The van der Waals surface area contributed by atoms with E-state index in [0.29, 0.717) is 12.1 Å². The van der Waals surface area contributed by atoms with Crippen LogP contribution in [0, 0.1) is 12.8 Å². The standard InChI is InChI=1S/C14H18N2O/c1-9-4-2-3-5-12(9)16-14(17)11-8-10-6-7-13(11)15-10/h2-5,10-11,13,15H,6-8H2,1H3,(H,16,17). The molecule has 0 aliphatic carbocycles. The molecule has 2 heterocycles. The maximum Gasteiger partial charge on any atom is 0.229 e. The summed E-state index contributed by atoms with van der Waals surface area (Å²) >= 11 is 0. The fourth-order valence-corrected chi connectivity index (χ4v) is 3.05. The Bertz CT molecular complexity index is 444. The highest BCUT2D eigenvalue weighted by Gasteiger charge is 2.42. The number of benzene rings is 1. The molecule has 3 rings (SSSR count). The molecular weight excluding hydrogens is 212 g/mol. The Hall–Kier alpha value is -1.35. The molecule has 3 unspecified atom stereocenters. The Morgan fingerprint density at radius 1 is 1.35 bits per heavy atom. The van der Waals surface area contributed by atoms with E-state index < -0.39 is 0 Å². The van der Waals surface area contributed by atoms with Gasteiger partial charge >= 0.3 is 0 Å². The topological polar surface area (TPSA) is 41.1 Å². The number of hydrogen-bond acceptors (Lipinski definition) is 2. The molecule has 2 bridgehead atoms. The van der Waals surface area contributed by atoms with E-state index >= 15 is 0 Å². The van der Waals surface area contributed by atoms with Crippen molar-refractivity contribution >= 4 is 11.6 Å². The summed E-state index contributed by atoms with van der Waals surface area (Å²) in [5.41, 5.74) is 2.07. The molecule has 3 heteroatoms. The van der Waals surface area contributed by atoms with Gasteiger partial charge in [-0.1, -0.05) is 18.2 Å². The SMILES string of the molecule is Cc1ccccc1NC(=O)C1CC2CCC1N2. The summed E-state index contributed by atoms with van der Waals surface area (Å²) < 4.78 is 0. The lowest BCUT2D eigenvalue weighted by molar-refractivity contribution is -0.120. The summed E-state index contributed by atoms with van der Waals surface area (Å²) in [5, 5.41) is 6.56. The number of rotatable bonds is 2. The first-order chi connectivity index (χ1) is 8.24. The molecular formula is C14H18N2O. The number of carbonyl (C=O) groups is 1. The lowest BCUT2D eigenvalue weighted by Crippen LogP contribution is -2.32. The maximum atomic E-state index is 12.2. The Balaban J connectivity index is 1.70. The second-order valence-electron chi connectivity index (χ2n) is 5.19. The summed E-state index contributed by atoms with van der Waals surface area (Å²) in [4.78, 5) is 12.2. The van der Waals surface area contributed by atoms with Crippen molar-refractivity contribution in [3.8, 4) is 0 Å². The fraction of sp³-hybridized carbons (Fsp3) is 0.500. The third kappa shape index (κ3) is 1.95. The zero-order valence-electron chi connectivity index (χ0n) is 10.1. The van der Waals surface area contributed by atoms with Crippen molar-refractivity contribution in [2.24, 2.45) is 5.92 Å². The van der Waals surface area contributed by atoms with Crippen LogP contribution in [0.5, 0.6) is 0 Å². The minimum atomic E-state index is 0.161. The lowest BCUT2D eigenvalue weighted by Gasteiger charge is -2.19. The van der Waals surface area contributed by atoms with Crippen molar-refractivity contribution in [2.75, 3.05) is 5.32 Å². The first-order valence-electron chi connectivity index (χ1n) is 6.36. The third-order valence-corrected chi connectivity index (χ3v) is 4.04. The van der Waals surface area contributed by atoms with Gasteiger partial charge < -0.3 is 10.6 Å². The van der Waals surface area contributed by atoms with Gasteiger partial charge in [-0.05, 0) is 37.8 Å². The van der Waals surface area contributed by atoms with Gasteiger partial charge in [0.25, 0.3) is 0 Å². The van der Waals surface area contributed by atoms with Gasteiger partial charge in [0.1, 0.15) is 0 Å². The second kappa shape index (κ2) is 4.15. The molecule has 2 fully saturated rings. The van der Waals surface area contributed by atoms with Gasteiger partial charge in [0, 0.05) is 17.8 Å². The number of hydrogen-bond donors (Lipinski definition) is 2. The zero-order chi connectivity index (χ0) is 11.8. The normalized spacial score (nSPS) is 30.5. The molecule has 0 saturated carbocycles. The van der Waals surface area contributed by atoms with Gasteiger partial charge in [0.05, 0.1) is 5.92 Å². The zero-order valence-corrected chi connectivity index (χ0v) is 10.1. The number of carbonyl (C=O) groups excluding carboxylic acids is 1. The lowest BCUT2D eigenvalue weighted by atomic mass is 9.88. The molecule has 2 N–H and O–H groups in total. The first kappa shape index (κ1) is 10.8. The Morgan fingerprint density at radius 3 is 2.82 bits per heavy atom. The predicted molar refractivity (Wildman–Crippen MR) is 67.9 cm³/mol. The number of para-hydroxylation sites is 1. The number of amides is 1. The summed E-state index contributed by atoms with van der Waals surface area (Å²) in [6.45, 7) is 2.02. The van der Waals surface area contributed by atoms with Crippen LogP contribution in [0.2, 0.25) is 0 Å². The number of anilines is 1. The number of nitrogens with one attached hydrogen (secondary N) is 2. The van der Waals surface area contributed by atoms with E-state index in [9.17, 15) is 4.79 Å². The van der Waals surface area contributed by atoms with Crippen LogP contribution in [0.4, 0.5) is 5.69 Å². The molecule has 3 atom stereocenters. The molecule has 2 aliphatic rings. The molecule has 1 aromatic carbocycles. The van der Waals surface area contributed by atoms with Crippen LogP contribution in [0.3, 0.4) is 0 Å². The predicted octanol–water partition coefficient (Wildman–Crippen LogP) is 2.07. The highest BCUT2D eigenvalue weighted by atomic mass is 16.2. The molecule has 1 aromatic rings. The van der Waals surface area contributed by atoms with Gasteiger partial charge in [-0.15, -0.1) is 0 Å². The molecule has 3 nitrogen and oxygen atoms in total. The minimum absolute atomic E-state index is 0.161. The molecule has 17 heavy (non-hydrogen) atoms. The van der Waals surface area contributed by atoms with Crippen molar-refractivity contribution in [3.63, 3.8) is 0 Å². The van der Waals surface area contributed by atoms with Crippen LogP contribution in [-0.2, 0) is 4.79 Å². The van der Waals surface area contributed by atoms with E-state index in [2.05, 4.69) is 10.6 Å². The van der Waals surface area contributed by atoms with E-state index in [4.69, 9.17) is 0 Å². The smallest absolute Gasteiger partial charge is 0.229 e. The largest absolute Gasteiger partial charge is 0.326 e. The third-order valence-electron chi connectivity index (χ3n) is 4.04. The van der Waals surface area contributed by atoms with E-state index in [1.807, 2.05) is 31.2 Å². The summed E-state index contributed by atoms with van der Waals surface area (Å²) in [5.74, 6) is 0.340. The van der Waals surface area contributed by atoms with Crippen LogP contribution in [0.15, 0.2) is 24.3 Å². The average molecular weight is 230 g/mol. The number of fused-ring (bicyclic) bond motifs is 2. The monoisotopic (exact) mass is 230 g/mol. The van der Waals surface area contributed by atoms with Crippen LogP contribution >= 0.6 is 0 Å². The Labute approximate surface area is 102 Å². The van der Waals surface area contributed by atoms with Crippen molar-refractivity contribution < 1.29 is 4.79 Å². The molecule has 1 amide bonds. The Morgan fingerprint density at radius 2 is 2.18 bits per heavy atom. The quantitative estimate of drug-likeness (QED) is 0.816. The highest BCUT2D eigenvalue weighted by molar-refractivity contribution is 5.94. The van der Waals surface area contributed by atoms with Crippen molar-refractivity contribution in [1.29, 1.82) is 0 Å². The molecule has 2 aliphatic heterocycles. The minimum Gasteiger partial charge on any atom is -0.326 e. The highest BCUT2D eigenvalue weighted by Crippen LogP contribution is 2.34. The number of aryl methyl sites for hydroxylation is 1. The van der Waals surface area contributed by atoms with Crippen LogP contribution in [0.1, 0.15) is 24.8 Å². The van der Waals surface area contributed by atoms with Crippen LogP contribution in [0.25, 0.3) is 0 Å². The van der Waals surface area contributed by atoms with Gasteiger partial charge in [-0.2, -0.15) is 0 Å². The summed E-state index contributed by atoms with van der Waals surface area (Å²) in [7, 11) is 0. The summed E-state index contributed by atoms with van der Waals surface area (Å²) in [6, 6.07) is 8.92. The van der Waals surface area contributed by atoms with Crippen molar-refractivity contribution in [3.05, 3.63) is 29.8 Å². The molecule has 0 spiro atoms. The van der Waals surface area contributed by atoms with Gasteiger partial charge in [0.15, 0.2) is 0 Å². The van der Waals surface area contributed by atoms with Crippen molar-refractivity contribution in [1.82, 2.24) is 5.32 Å². The van der Waals surface area contributed by atoms with E-state index in [1.165, 1.54) is 6.42 Å². The second-order valence-corrected chi connectivity index (χ2v) is 5.19. The fourth-order valence-electron chi connectivity index (χ4n) is 3.05. The maximum absolute atomic E-state index is 12.2. The van der Waals surface area contributed by atoms with E-state index in [1.54, 1.807) is 0 Å². The first-order valence-corrected chi connectivity index (χ1v) is 6.36. The van der Waals surface area contributed by atoms with E-state index in [0.717, 1.165) is 24.1 Å². The van der Waals surface area contributed by atoms with Crippen LogP contribution in [-0.4, -0.2) is 18.0 Å². The van der Waals surface area contributed by atoms with Gasteiger partial charge in [-0.3, -0.25) is 4.79 Å². The van der Waals surface area contributed by atoms with E-state index in [-0.39, 0.29) is 11.8 Å². The molecule has 2 saturated heterocycles. The Kier molecular flexibility index (Phi) is 2.63. The van der Waals surface area contributed by atoms with Crippen LogP contribution < -0.4 is 10.6 Å². The molecule has 0 radical (unpaired) electrons. The molecule has 0 aromatic heterocycles. The summed E-state index contributed by atoms with van der Waals surface area (Å²) in [6.07, 6.45) is 3.39. The average Bonchev–Trinajstić information content (AvgIpc) is 2.94. The van der Waals surface area contributed by atoms with Crippen molar-refractivity contribution in [2.45, 2.75) is 38.3 Å².